The van der Waals surface area contributed by atoms with Gasteiger partial charge >= 0.3 is 0 Å². The lowest BCUT2D eigenvalue weighted by Gasteiger charge is -2.31. The van der Waals surface area contributed by atoms with Crippen molar-refractivity contribution in [3.63, 3.8) is 0 Å². The summed E-state index contributed by atoms with van der Waals surface area (Å²) in [6, 6.07) is 20.8. The van der Waals surface area contributed by atoms with Crippen molar-refractivity contribution in [2.75, 3.05) is 13.1 Å². The van der Waals surface area contributed by atoms with Gasteiger partial charge in [-0.25, -0.2) is 8.78 Å². The molecule has 2 amide bonds. The third kappa shape index (κ3) is 4.57. The van der Waals surface area contributed by atoms with E-state index in [1.165, 1.54) is 6.20 Å². The van der Waals surface area contributed by atoms with Crippen LogP contribution in [0.25, 0.3) is 32.8 Å². The Morgan fingerprint density at radius 2 is 1.77 bits per heavy atom. The van der Waals surface area contributed by atoms with Gasteiger partial charge in [-0.1, -0.05) is 35.9 Å². The SMILES string of the molecule is N#CC1(C2CC2)CC(F)(F)CN1C(=O)CNC(=O)c1ccnc2ccc(-c3ccc4cc(Cl)ccc4c3)cc12. The third-order valence-electron chi connectivity index (χ3n) is 7.67. The van der Waals surface area contributed by atoms with Crippen LogP contribution >= 0.6 is 11.6 Å². The molecule has 1 aliphatic carbocycles. The van der Waals surface area contributed by atoms with E-state index in [1.807, 2.05) is 60.7 Å². The van der Waals surface area contributed by atoms with E-state index in [2.05, 4.69) is 10.3 Å². The summed E-state index contributed by atoms with van der Waals surface area (Å²) in [4.78, 5) is 31.5. The molecule has 6 nitrogen and oxygen atoms in total. The number of hydrogen-bond donors (Lipinski definition) is 1. The largest absolute Gasteiger partial charge is 0.343 e. The average Bonchev–Trinajstić information content (AvgIpc) is 3.74. The minimum absolute atomic E-state index is 0.259. The molecule has 1 aromatic heterocycles. The fraction of sp³-hybridized carbons (Fsp3) is 0.267. The molecule has 0 spiro atoms. The zero-order valence-electron chi connectivity index (χ0n) is 20.8. The minimum Gasteiger partial charge on any atom is -0.343 e. The maximum absolute atomic E-state index is 14.3. The first kappa shape index (κ1) is 25.2. The lowest BCUT2D eigenvalue weighted by molar-refractivity contribution is -0.134. The molecule has 39 heavy (non-hydrogen) atoms. The van der Waals surface area contributed by atoms with Crippen LogP contribution < -0.4 is 5.32 Å². The van der Waals surface area contributed by atoms with E-state index < -0.39 is 42.8 Å². The Labute approximate surface area is 228 Å². The van der Waals surface area contributed by atoms with Crippen molar-refractivity contribution in [2.45, 2.75) is 30.7 Å². The van der Waals surface area contributed by atoms with Crippen molar-refractivity contribution in [3.8, 4) is 17.2 Å². The van der Waals surface area contributed by atoms with Crippen molar-refractivity contribution >= 4 is 45.1 Å². The van der Waals surface area contributed by atoms with Crippen molar-refractivity contribution in [2.24, 2.45) is 5.92 Å². The molecule has 3 aromatic carbocycles. The monoisotopic (exact) mass is 544 g/mol. The van der Waals surface area contributed by atoms with Crippen molar-refractivity contribution in [1.82, 2.24) is 15.2 Å². The Balaban J connectivity index is 1.25. The molecule has 0 bridgehead atoms. The second-order valence-corrected chi connectivity index (χ2v) is 10.7. The Morgan fingerprint density at radius 1 is 1.05 bits per heavy atom. The van der Waals surface area contributed by atoms with Crippen LogP contribution in [-0.2, 0) is 4.79 Å². The van der Waals surface area contributed by atoms with Crippen molar-refractivity contribution in [1.29, 1.82) is 5.26 Å². The number of benzene rings is 3. The molecule has 1 aliphatic heterocycles. The number of nitriles is 1. The van der Waals surface area contributed by atoms with Gasteiger partial charge in [-0.05, 0) is 77.1 Å². The normalized spacial score (nSPS) is 20.2. The van der Waals surface area contributed by atoms with Crippen LogP contribution in [0.2, 0.25) is 5.02 Å². The van der Waals surface area contributed by atoms with Crippen LogP contribution in [-0.4, -0.2) is 46.2 Å². The Bertz CT molecular complexity index is 1700. The molecule has 9 heteroatoms. The number of fused-ring (bicyclic) bond motifs is 2. The predicted octanol–water partition coefficient (Wildman–Crippen LogP) is 5.98. The highest BCUT2D eigenvalue weighted by Crippen LogP contribution is 2.52. The zero-order valence-corrected chi connectivity index (χ0v) is 21.5. The number of alkyl halides is 2. The standard InChI is InChI=1S/C30H23ClF2N4O2/c31-23-7-3-19-11-18(1-2-20(19)12-23)21-4-8-26-25(13-21)24(9-10-35-26)28(39)36-14-27(38)37-17-30(32,33)15-29(37,16-34)22-5-6-22/h1-4,7-13,22H,5-6,14-15,17H2,(H,36,39). The molecular formula is C30H23ClF2N4O2. The summed E-state index contributed by atoms with van der Waals surface area (Å²) in [5.74, 6) is -4.61. The van der Waals surface area contributed by atoms with Crippen LogP contribution in [0, 0.1) is 17.2 Å². The molecule has 4 aromatic rings. The summed E-state index contributed by atoms with van der Waals surface area (Å²) in [7, 11) is 0. The van der Waals surface area contributed by atoms with Crippen LogP contribution in [0.5, 0.6) is 0 Å². The second kappa shape index (κ2) is 9.28. The quantitative estimate of drug-likeness (QED) is 0.335. The number of hydrogen-bond acceptors (Lipinski definition) is 4. The number of carbonyl (C=O) groups excluding carboxylic acids is 2. The molecule has 0 radical (unpaired) electrons. The summed E-state index contributed by atoms with van der Waals surface area (Å²) in [6.45, 7) is -1.30. The van der Waals surface area contributed by atoms with Gasteiger partial charge in [-0.15, -0.1) is 0 Å². The van der Waals surface area contributed by atoms with Crippen molar-refractivity contribution < 1.29 is 18.4 Å². The topological polar surface area (TPSA) is 86.1 Å². The maximum atomic E-state index is 14.3. The molecule has 2 heterocycles. The molecule has 1 saturated heterocycles. The third-order valence-corrected chi connectivity index (χ3v) is 7.90. The van der Waals surface area contributed by atoms with E-state index in [0.717, 1.165) is 26.8 Å². The Kier molecular flexibility index (Phi) is 6.00. The predicted molar refractivity (Wildman–Crippen MR) is 144 cm³/mol. The number of likely N-dealkylation sites (tertiary alicyclic amines) is 1. The van der Waals surface area contributed by atoms with E-state index >= 15 is 0 Å². The highest BCUT2D eigenvalue weighted by molar-refractivity contribution is 6.31. The lowest BCUT2D eigenvalue weighted by atomic mass is 9.91. The van der Waals surface area contributed by atoms with Gasteiger partial charge in [0.1, 0.15) is 5.54 Å². The van der Waals surface area contributed by atoms with Gasteiger partial charge in [0.15, 0.2) is 0 Å². The first-order chi connectivity index (χ1) is 18.7. The lowest BCUT2D eigenvalue weighted by Crippen LogP contribution is -2.51. The van der Waals surface area contributed by atoms with Gasteiger partial charge in [-0.3, -0.25) is 14.6 Å². The van der Waals surface area contributed by atoms with Crippen LogP contribution in [0.4, 0.5) is 8.78 Å². The summed E-state index contributed by atoms with van der Waals surface area (Å²) >= 11 is 6.10. The first-order valence-corrected chi connectivity index (χ1v) is 13.0. The van der Waals surface area contributed by atoms with Gasteiger partial charge in [0.05, 0.1) is 36.7 Å². The summed E-state index contributed by atoms with van der Waals surface area (Å²) in [5, 5.41) is 15.6. The molecule has 1 atom stereocenters. The number of aromatic nitrogens is 1. The van der Waals surface area contributed by atoms with E-state index in [9.17, 15) is 23.6 Å². The summed E-state index contributed by atoms with van der Waals surface area (Å²) < 4.78 is 28.6. The molecule has 1 saturated carbocycles. The highest BCUT2D eigenvalue weighted by Gasteiger charge is 2.62. The summed E-state index contributed by atoms with van der Waals surface area (Å²) in [6.07, 6.45) is 2.11. The molecule has 1 unspecified atom stereocenters. The van der Waals surface area contributed by atoms with E-state index in [-0.39, 0.29) is 5.92 Å². The number of amides is 2. The molecule has 1 N–H and O–H groups in total. The number of pyridine rings is 1. The zero-order chi connectivity index (χ0) is 27.4. The average molecular weight is 545 g/mol. The van der Waals surface area contributed by atoms with Crippen LogP contribution in [0.3, 0.4) is 0 Å². The number of rotatable bonds is 5. The molecule has 2 aliphatic rings. The maximum Gasteiger partial charge on any atom is 0.268 e. The molecule has 6 rings (SSSR count). The van der Waals surface area contributed by atoms with Gasteiger partial charge in [0.25, 0.3) is 11.8 Å². The van der Waals surface area contributed by atoms with Crippen LogP contribution in [0.1, 0.15) is 29.6 Å². The number of halogens is 3. The van der Waals surface area contributed by atoms with E-state index in [0.29, 0.717) is 34.3 Å². The Hall–Kier alpha value is -4.09. The minimum atomic E-state index is -3.13. The fourth-order valence-electron chi connectivity index (χ4n) is 5.61. The first-order valence-electron chi connectivity index (χ1n) is 12.7. The fourth-order valence-corrected chi connectivity index (χ4v) is 5.79. The van der Waals surface area contributed by atoms with E-state index in [4.69, 9.17) is 11.6 Å². The van der Waals surface area contributed by atoms with Crippen molar-refractivity contribution in [3.05, 3.63) is 77.4 Å². The molecular weight excluding hydrogens is 522 g/mol. The van der Waals surface area contributed by atoms with Gasteiger partial charge in [0.2, 0.25) is 5.91 Å². The number of carbonyl (C=O) groups is 2. The number of nitrogens with one attached hydrogen (secondary N) is 1. The van der Waals surface area contributed by atoms with Gasteiger partial charge in [-0.2, -0.15) is 5.26 Å². The summed E-state index contributed by atoms with van der Waals surface area (Å²) in [5.41, 5.74) is 1.21. The van der Waals surface area contributed by atoms with Gasteiger partial charge < -0.3 is 10.2 Å². The smallest absolute Gasteiger partial charge is 0.268 e. The second-order valence-electron chi connectivity index (χ2n) is 10.3. The van der Waals surface area contributed by atoms with Gasteiger partial charge in [0, 0.05) is 16.6 Å². The molecule has 2 fully saturated rings. The Morgan fingerprint density at radius 3 is 2.54 bits per heavy atom. The van der Waals surface area contributed by atoms with E-state index in [1.54, 1.807) is 6.07 Å². The molecule has 196 valence electrons. The number of nitrogens with zero attached hydrogens (tertiary/aromatic N) is 3. The van der Waals surface area contributed by atoms with Crippen LogP contribution in [0.15, 0.2) is 66.9 Å². The highest BCUT2D eigenvalue weighted by atomic mass is 35.5.